The van der Waals surface area contributed by atoms with Gasteiger partial charge in [-0.15, -0.1) is 6.58 Å². The lowest BCUT2D eigenvalue weighted by Crippen LogP contribution is -2.20. The molecule has 0 bridgehead atoms. The summed E-state index contributed by atoms with van der Waals surface area (Å²) in [6.07, 6.45) is 2.87. The van der Waals surface area contributed by atoms with Crippen LogP contribution in [0.25, 0.3) is 11.0 Å². The van der Waals surface area contributed by atoms with Crippen molar-refractivity contribution in [2.24, 2.45) is 7.05 Å². The van der Waals surface area contributed by atoms with Gasteiger partial charge < -0.3 is 14.2 Å². The summed E-state index contributed by atoms with van der Waals surface area (Å²) >= 11 is 0. The molecule has 0 aliphatic heterocycles. The Hall–Kier alpha value is -3.41. The van der Waals surface area contributed by atoms with Crippen molar-refractivity contribution >= 4 is 22.8 Å². The fourth-order valence-electron chi connectivity index (χ4n) is 3.17. The van der Waals surface area contributed by atoms with Crippen molar-refractivity contribution in [3.8, 4) is 0 Å². The quantitative estimate of drug-likeness (QED) is 0.567. The molecule has 3 rings (SSSR count). The van der Waals surface area contributed by atoms with Crippen molar-refractivity contribution < 1.29 is 14.7 Å². The van der Waals surface area contributed by atoms with E-state index in [0.29, 0.717) is 22.3 Å². The van der Waals surface area contributed by atoms with E-state index < -0.39 is 11.4 Å². The zero-order valence-corrected chi connectivity index (χ0v) is 14.5. The summed E-state index contributed by atoms with van der Waals surface area (Å²) in [6, 6.07) is 8.78. The monoisotopic (exact) mass is 350 g/mol. The average Bonchev–Trinajstić information content (AvgIpc) is 2.89. The van der Waals surface area contributed by atoms with Gasteiger partial charge >= 0.3 is 5.97 Å². The molecule has 2 aromatic heterocycles. The summed E-state index contributed by atoms with van der Waals surface area (Å²) in [5.41, 5.74) is 1.18. The van der Waals surface area contributed by atoms with Crippen LogP contribution >= 0.6 is 0 Å². The number of rotatable bonds is 5. The molecule has 1 aromatic carbocycles. The maximum atomic E-state index is 13.1. The number of hydrogen-bond donors (Lipinski definition) is 1. The van der Waals surface area contributed by atoms with Crippen LogP contribution in [0.5, 0.6) is 0 Å². The van der Waals surface area contributed by atoms with E-state index in [1.807, 2.05) is 6.07 Å². The Labute approximate surface area is 149 Å². The van der Waals surface area contributed by atoms with E-state index in [-0.39, 0.29) is 23.4 Å². The van der Waals surface area contributed by atoms with Gasteiger partial charge in [0.25, 0.3) is 0 Å². The third kappa shape index (κ3) is 2.56. The lowest BCUT2D eigenvalue weighted by molar-refractivity contribution is 0.0694. The van der Waals surface area contributed by atoms with E-state index >= 15 is 0 Å². The molecule has 0 saturated heterocycles. The van der Waals surface area contributed by atoms with Crippen molar-refractivity contribution in [3.05, 3.63) is 81.8 Å². The number of nitrogens with zero attached hydrogens (tertiary/aromatic N) is 2. The molecule has 0 amide bonds. The minimum Gasteiger partial charge on any atom is -0.477 e. The second kappa shape index (κ2) is 6.48. The third-order valence-corrected chi connectivity index (χ3v) is 4.51. The third-order valence-electron chi connectivity index (χ3n) is 4.51. The highest BCUT2D eigenvalue weighted by atomic mass is 16.4. The van der Waals surface area contributed by atoms with Crippen molar-refractivity contribution in [1.29, 1.82) is 0 Å². The first kappa shape index (κ1) is 17.4. The summed E-state index contributed by atoms with van der Waals surface area (Å²) in [4.78, 5) is 37.3. The van der Waals surface area contributed by atoms with Crippen LogP contribution in [0.3, 0.4) is 0 Å². The lowest BCUT2D eigenvalue weighted by atomic mass is 10.0. The number of benzene rings is 1. The Bertz CT molecular complexity index is 1100. The molecule has 2 heterocycles. The molecule has 0 aliphatic rings. The average molecular weight is 350 g/mol. The van der Waals surface area contributed by atoms with Gasteiger partial charge in [-0.1, -0.05) is 36.4 Å². The molecule has 132 valence electrons. The molecule has 0 radical (unpaired) electrons. The first-order valence-corrected chi connectivity index (χ1v) is 8.04. The van der Waals surface area contributed by atoms with Crippen molar-refractivity contribution in [2.45, 2.75) is 13.5 Å². The molecule has 3 aromatic rings. The number of carboxylic acid groups (broad SMARTS) is 1. The van der Waals surface area contributed by atoms with Crippen molar-refractivity contribution in [1.82, 2.24) is 9.13 Å². The van der Waals surface area contributed by atoms with Gasteiger partial charge in [0.05, 0.1) is 11.1 Å². The zero-order valence-electron chi connectivity index (χ0n) is 14.5. The number of pyridine rings is 1. The van der Waals surface area contributed by atoms with Gasteiger partial charge in [-0.25, -0.2) is 4.79 Å². The molecule has 1 N–H and O–H groups in total. The Balaban J connectivity index is 2.45. The predicted octanol–water partition coefficient (Wildman–Crippen LogP) is 2.76. The van der Waals surface area contributed by atoms with Crippen LogP contribution in [0.4, 0.5) is 0 Å². The highest BCUT2D eigenvalue weighted by Gasteiger charge is 2.26. The smallest absolute Gasteiger partial charge is 0.341 e. The van der Waals surface area contributed by atoms with E-state index in [0.717, 1.165) is 0 Å². The van der Waals surface area contributed by atoms with Crippen LogP contribution in [0.1, 0.15) is 32.0 Å². The topological polar surface area (TPSA) is 81.3 Å². The van der Waals surface area contributed by atoms with E-state index in [1.54, 1.807) is 53.4 Å². The Morgan fingerprint density at radius 2 is 1.85 bits per heavy atom. The second-order valence-electron chi connectivity index (χ2n) is 6.03. The first-order valence-electron chi connectivity index (χ1n) is 8.04. The minimum absolute atomic E-state index is 0.198. The number of fused-ring (bicyclic) bond motifs is 1. The highest BCUT2D eigenvalue weighted by Crippen LogP contribution is 2.26. The molecule has 6 nitrogen and oxygen atoms in total. The summed E-state index contributed by atoms with van der Waals surface area (Å²) in [5.74, 6) is -1.52. The van der Waals surface area contributed by atoms with Gasteiger partial charge in [0.1, 0.15) is 11.1 Å². The molecule has 0 aliphatic carbocycles. The highest BCUT2D eigenvalue weighted by molar-refractivity contribution is 6.17. The standard InChI is InChI=1S/C20H18N2O4/c1-4-10-22-11-14(20(25)26)19(24)17-16(22)15(12(2)21(17)3)18(23)13-8-6-5-7-9-13/h4-9,11H,1,10H2,2-3H3,(H,25,26). The number of ketones is 1. The molecular formula is C20H18N2O4. The van der Waals surface area contributed by atoms with Crippen LogP contribution in [-0.4, -0.2) is 26.0 Å². The zero-order chi connectivity index (χ0) is 19.0. The molecule has 0 unspecified atom stereocenters. The van der Waals surface area contributed by atoms with Crippen LogP contribution in [0.15, 0.2) is 54.0 Å². The first-order chi connectivity index (χ1) is 12.4. The Morgan fingerprint density at radius 1 is 1.19 bits per heavy atom. The van der Waals surface area contributed by atoms with Gasteiger partial charge in [0, 0.05) is 31.0 Å². The number of allylic oxidation sites excluding steroid dienone is 1. The Morgan fingerprint density at radius 3 is 2.42 bits per heavy atom. The van der Waals surface area contributed by atoms with Gasteiger partial charge in [-0.2, -0.15) is 0 Å². The minimum atomic E-state index is -1.30. The maximum Gasteiger partial charge on any atom is 0.341 e. The molecule has 26 heavy (non-hydrogen) atoms. The number of hydrogen-bond acceptors (Lipinski definition) is 3. The number of aryl methyl sites for hydroxylation is 1. The fraction of sp³-hybridized carbons (Fsp3) is 0.150. The van der Waals surface area contributed by atoms with Gasteiger partial charge in [0.15, 0.2) is 5.78 Å². The number of aromatic nitrogens is 2. The second-order valence-corrected chi connectivity index (χ2v) is 6.03. The van der Waals surface area contributed by atoms with E-state index in [2.05, 4.69) is 6.58 Å². The summed E-state index contributed by atoms with van der Waals surface area (Å²) < 4.78 is 3.18. The predicted molar refractivity (Wildman–Crippen MR) is 98.9 cm³/mol. The Kier molecular flexibility index (Phi) is 4.34. The molecule has 0 spiro atoms. The fourth-order valence-corrected chi connectivity index (χ4v) is 3.17. The summed E-state index contributed by atoms with van der Waals surface area (Å²) in [5, 5.41) is 9.36. The number of carbonyl (C=O) groups excluding carboxylic acids is 1. The molecule has 0 atom stereocenters. The maximum absolute atomic E-state index is 13.1. The number of carbonyl (C=O) groups is 2. The molecule has 6 heteroatoms. The lowest BCUT2D eigenvalue weighted by Gasteiger charge is -2.10. The van der Waals surface area contributed by atoms with E-state index in [1.165, 1.54) is 6.20 Å². The normalized spacial score (nSPS) is 10.8. The van der Waals surface area contributed by atoms with Crippen LogP contribution in [0.2, 0.25) is 0 Å². The molecule has 0 fully saturated rings. The van der Waals surface area contributed by atoms with Crippen LogP contribution < -0.4 is 5.43 Å². The van der Waals surface area contributed by atoms with Gasteiger partial charge in [0.2, 0.25) is 5.43 Å². The largest absolute Gasteiger partial charge is 0.477 e. The summed E-state index contributed by atoms with van der Waals surface area (Å²) in [6.45, 7) is 5.70. The summed E-state index contributed by atoms with van der Waals surface area (Å²) in [7, 11) is 1.66. The molecule has 0 saturated carbocycles. The van der Waals surface area contributed by atoms with Gasteiger partial charge in [-0.3, -0.25) is 9.59 Å². The van der Waals surface area contributed by atoms with E-state index in [4.69, 9.17) is 0 Å². The van der Waals surface area contributed by atoms with Gasteiger partial charge in [-0.05, 0) is 6.92 Å². The SMILES string of the molecule is C=CCn1cc(C(=O)O)c(=O)c2c1c(C(=O)c1ccccc1)c(C)n2C. The number of aromatic carboxylic acids is 1. The van der Waals surface area contributed by atoms with Crippen LogP contribution in [-0.2, 0) is 13.6 Å². The van der Waals surface area contributed by atoms with E-state index in [9.17, 15) is 19.5 Å². The van der Waals surface area contributed by atoms with Crippen LogP contribution in [0, 0.1) is 6.92 Å². The van der Waals surface area contributed by atoms with Crippen molar-refractivity contribution in [3.63, 3.8) is 0 Å². The molecular weight excluding hydrogens is 332 g/mol. The van der Waals surface area contributed by atoms with Crippen molar-refractivity contribution in [2.75, 3.05) is 0 Å². The number of carboxylic acids is 1.